The van der Waals surface area contributed by atoms with Crippen LogP contribution in [0.4, 0.5) is 13.2 Å². The molecule has 0 saturated carbocycles. The zero-order valence-corrected chi connectivity index (χ0v) is 14.7. The highest BCUT2D eigenvalue weighted by molar-refractivity contribution is 5.78. The molecule has 0 spiro atoms. The molecular formula is C19H21F3N2O3. The third-order valence-electron chi connectivity index (χ3n) is 4.27. The number of hydrogen-bond donors (Lipinski definition) is 1. The molecule has 1 aliphatic rings. The Morgan fingerprint density at radius 2 is 2.15 bits per heavy atom. The molecule has 0 saturated heterocycles. The molecule has 1 amide bonds. The van der Waals surface area contributed by atoms with Gasteiger partial charge in [-0.05, 0) is 36.7 Å². The van der Waals surface area contributed by atoms with Crippen LogP contribution in [0.1, 0.15) is 23.3 Å². The van der Waals surface area contributed by atoms with Crippen molar-refractivity contribution >= 4 is 5.91 Å². The molecule has 1 N–H and O–H groups in total. The lowest BCUT2D eigenvalue weighted by Crippen LogP contribution is -2.36. The summed E-state index contributed by atoms with van der Waals surface area (Å²) in [4.78, 5) is 14.3. The van der Waals surface area contributed by atoms with Crippen LogP contribution in [0.25, 0.3) is 0 Å². The van der Waals surface area contributed by atoms with Gasteiger partial charge in [-0.25, -0.2) is 0 Å². The van der Waals surface area contributed by atoms with Crippen LogP contribution in [-0.2, 0) is 24.3 Å². The van der Waals surface area contributed by atoms with E-state index in [1.54, 1.807) is 18.4 Å². The van der Waals surface area contributed by atoms with Crippen molar-refractivity contribution < 1.29 is 27.1 Å². The number of halogens is 3. The van der Waals surface area contributed by atoms with E-state index < -0.39 is 12.8 Å². The monoisotopic (exact) mass is 382 g/mol. The topological polar surface area (TPSA) is 54.7 Å². The van der Waals surface area contributed by atoms with Crippen molar-refractivity contribution in [1.29, 1.82) is 0 Å². The molecule has 1 aromatic carbocycles. The zero-order chi connectivity index (χ0) is 19.3. The number of aryl methyl sites for hydroxylation is 1. The van der Waals surface area contributed by atoms with Gasteiger partial charge in [0.25, 0.3) is 0 Å². The van der Waals surface area contributed by atoms with E-state index in [2.05, 4.69) is 10.2 Å². The number of ether oxygens (including phenoxy) is 1. The molecule has 146 valence electrons. The van der Waals surface area contributed by atoms with E-state index in [0.717, 1.165) is 30.7 Å². The summed E-state index contributed by atoms with van der Waals surface area (Å²) in [5, 5.41) is 2.80. The number of benzene rings is 1. The molecule has 27 heavy (non-hydrogen) atoms. The number of amides is 1. The Balaban J connectivity index is 1.48. The van der Waals surface area contributed by atoms with Gasteiger partial charge < -0.3 is 14.5 Å². The highest BCUT2D eigenvalue weighted by Gasteiger charge is 2.28. The van der Waals surface area contributed by atoms with Crippen molar-refractivity contribution in [2.75, 3.05) is 19.7 Å². The normalized spacial score (nSPS) is 15.1. The summed E-state index contributed by atoms with van der Waals surface area (Å²) in [6, 6.07) is 8.21. The number of nitrogens with zero attached hydrogens (tertiary/aromatic N) is 1. The number of carbonyl (C=O) groups is 1. The first kappa shape index (κ1) is 19.3. The number of fused-ring (bicyclic) bond motifs is 1. The predicted molar refractivity (Wildman–Crippen MR) is 92.1 cm³/mol. The summed E-state index contributed by atoms with van der Waals surface area (Å²) >= 11 is 0. The van der Waals surface area contributed by atoms with Crippen molar-refractivity contribution in [3.8, 4) is 5.75 Å². The Morgan fingerprint density at radius 1 is 1.30 bits per heavy atom. The molecule has 0 fully saturated rings. The Hall–Kier alpha value is -2.48. The Morgan fingerprint density at radius 3 is 2.96 bits per heavy atom. The van der Waals surface area contributed by atoms with Crippen molar-refractivity contribution in [2.24, 2.45) is 0 Å². The van der Waals surface area contributed by atoms with Crippen LogP contribution in [0.15, 0.2) is 41.0 Å². The second kappa shape index (κ2) is 8.47. The third kappa shape index (κ3) is 6.02. The predicted octanol–water partition coefficient (Wildman–Crippen LogP) is 3.29. The molecule has 0 atom stereocenters. The average molecular weight is 382 g/mol. The first-order valence-corrected chi connectivity index (χ1v) is 8.72. The van der Waals surface area contributed by atoms with Crippen molar-refractivity contribution in [3.63, 3.8) is 0 Å². The molecule has 0 radical (unpaired) electrons. The van der Waals surface area contributed by atoms with Crippen LogP contribution in [0.5, 0.6) is 5.75 Å². The second-order valence-corrected chi connectivity index (χ2v) is 6.51. The molecule has 2 aromatic rings. The summed E-state index contributed by atoms with van der Waals surface area (Å²) in [7, 11) is 0. The van der Waals surface area contributed by atoms with E-state index in [0.29, 0.717) is 12.1 Å². The van der Waals surface area contributed by atoms with Crippen molar-refractivity contribution in [3.05, 3.63) is 53.5 Å². The largest absolute Gasteiger partial charge is 0.484 e. The highest BCUT2D eigenvalue weighted by atomic mass is 19.4. The molecule has 0 bridgehead atoms. The zero-order valence-electron chi connectivity index (χ0n) is 14.7. The fourth-order valence-electron chi connectivity index (χ4n) is 3.02. The Labute approximate surface area is 155 Å². The van der Waals surface area contributed by atoms with Gasteiger partial charge in [-0.2, -0.15) is 13.2 Å². The minimum Gasteiger partial charge on any atom is -0.484 e. The van der Waals surface area contributed by atoms with Crippen molar-refractivity contribution in [1.82, 2.24) is 10.2 Å². The van der Waals surface area contributed by atoms with E-state index in [-0.39, 0.29) is 24.7 Å². The number of alkyl halides is 3. The van der Waals surface area contributed by atoms with Crippen LogP contribution in [0.2, 0.25) is 0 Å². The third-order valence-corrected chi connectivity index (χ3v) is 4.27. The van der Waals surface area contributed by atoms with Gasteiger partial charge in [0.2, 0.25) is 5.91 Å². The SMILES string of the molecule is O=C(CN1CCCc2occc2C1)NCc1cccc(OCC(F)(F)F)c1. The maximum atomic E-state index is 12.2. The highest BCUT2D eigenvalue weighted by Crippen LogP contribution is 2.20. The first-order chi connectivity index (χ1) is 12.9. The standard InChI is InChI=1S/C19H21F3N2O3/c20-19(21,22)13-27-16-4-1-3-14(9-16)10-23-18(25)12-24-7-2-5-17-15(11-24)6-8-26-17/h1,3-4,6,8-9H,2,5,7,10-13H2,(H,23,25). The molecule has 3 rings (SSSR count). The average Bonchev–Trinajstić information content (AvgIpc) is 2.96. The summed E-state index contributed by atoms with van der Waals surface area (Å²) in [5.41, 5.74) is 1.78. The van der Waals surface area contributed by atoms with Gasteiger partial charge in [0.15, 0.2) is 6.61 Å². The molecule has 1 aliphatic heterocycles. The number of hydrogen-bond acceptors (Lipinski definition) is 4. The lowest BCUT2D eigenvalue weighted by atomic mass is 10.2. The minimum atomic E-state index is -4.38. The molecule has 2 heterocycles. The lowest BCUT2D eigenvalue weighted by Gasteiger charge is -2.19. The number of furan rings is 1. The van der Waals surface area contributed by atoms with Gasteiger partial charge in [-0.1, -0.05) is 12.1 Å². The van der Waals surface area contributed by atoms with Crippen LogP contribution >= 0.6 is 0 Å². The van der Waals surface area contributed by atoms with Gasteiger partial charge in [0.05, 0.1) is 12.8 Å². The van der Waals surface area contributed by atoms with Gasteiger partial charge in [0, 0.05) is 25.1 Å². The van der Waals surface area contributed by atoms with E-state index in [9.17, 15) is 18.0 Å². The molecule has 8 heteroatoms. The fourth-order valence-corrected chi connectivity index (χ4v) is 3.02. The van der Waals surface area contributed by atoms with Gasteiger partial charge in [0.1, 0.15) is 11.5 Å². The molecular weight excluding hydrogens is 361 g/mol. The van der Waals surface area contributed by atoms with Crippen LogP contribution in [-0.4, -0.2) is 36.7 Å². The van der Waals surface area contributed by atoms with E-state index >= 15 is 0 Å². The number of nitrogens with one attached hydrogen (secondary N) is 1. The number of rotatable bonds is 6. The summed E-state index contributed by atoms with van der Waals surface area (Å²) in [6.45, 7) is 0.619. The van der Waals surface area contributed by atoms with E-state index in [1.807, 2.05) is 6.07 Å². The maximum absolute atomic E-state index is 12.2. The van der Waals surface area contributed by atoms with E-state index in [4.69, 9.17) is 9.15 Å². The van der Waals surface area contributed by atoms with Crippen LogP contribution < -0.4 is 10.1 Å². The minimum absolute atomic E-state index is 0.124. The van der Waals surface area contributed by atoms with Crippen molar-refractivity contribution in [2.45, 2.75) is 32.1 Å². The lowest BCUT2D eigenvalue weighted by molar-refractivity contribution is -0.153. The Kier molecular flexibility index (Phi) is 6.05. The van der Waals surface area contributed by atoms with Gasteiger partial charge in [-0.15, -0.1) is 0 Å². The van der Waals surface area contributed by atoms with Gasteiger partial charge in [-0.3, -0.25) is 9.69 Å². The summed E-state index contributed by atoms with van der Waals surface area (Å²) < 4.78 is 46.8. The quantitative estimate of drug-likeness (QED) is 0.833. The van der Waals surface area contributed by atoms with E-state index in [1.165, 1.54) is 12.1 Å². The maximum Gasteiger partial charge on any atom is 0.422 e. The molecule has 5 nitrogen and oxygen atoms in total. The van der Waals surface area contributed by atoms with Crippen LogP contribution in [0.3, 0.4) is 0 Å². The summed E-state index contributed by atoms with van der Waals surface area (Å²) in [6.07, 6.45) is -0.925. The fraction of sp³-hybridized carbons (Fsp3) is 0.421. The van der Waals surface area contributed by atoms with Gasteiger partial charge >= 0.3 is 6.18 Å². The van der Waals surface area contributed by atoms with Crippen LogP contribution in [0, 0.1) is 0 Å². The smallest absolute Gasteiger partial charge is 0.422 e. The number of carbonyl (C=O) groups excluding carboxylic acids is 1. The second-order valence-electron chi connectivity index (χ2n) is 6.51. The molecule has 0 aliphatic carbocycles. The Bertz CT molecular complexity index is 774. The molecule has 1 aromatic heterocycles. The molecule has 0 unspecified atom stereocenters. The summed E-state index contributed by atoms with van der Waals surface area (Å²) in [5.74, 6) is 0.969. The first-order valence-electron chi connectivity index (χ1n) is 8.72.